The second kappa shape index (κ2) is 51.8. The molecular formula is C109H142ClF8N3O13S5. The molecule has 6 atom stereocenters. The summed E-state index contributed by atoms with van der Waals surface area (Å²) in [6.45, 7) is 34.1. The topological polar surface area (TPSA) is 208 Å². The molecule has 0 N–H and O–H groups in total. The van der Waals surface area contributed by atoms with E-state index in [0.29, 0.717) is 60.0 Å². The number of nitrogens with zero attached hydrogens (tertiary/aromatic N) is 3. The van der Waals surface area contributed by atoms with E-state index in [0.717, 1.165) is 164 Å². The Morgan fingerprint density at radius 2 is 0.662 bits per heavy atom. The van der Waals surface area contributed by atoms with Crippen molar-refractivity contribution in [2.75, 3.05) is 59.7 Å². The van der Waals surface area contributed by atoms with Crippen molar-refractivity contribution in [1.29, 1.82) is 0 Å². The quantitative estimate of drug-likeness (QED) is 0.0277. The number of hydrogen-bond acceptors (Lipinski definition) is 16. The Labute approximate surface area is 827 Å². The summed E-state index contributed by atoms with van der Waals surface area (Å²) in [6.07, 6.45) is 7.47. The van der Waals surface area contributed by atoms with Crippen LogP contribution in [0.5, 0.6) is 0 Å². The van der Waals surface area contributed by atoms with Crippen molar-refractivity contribution in [3.8, 4) is 0 Å². The lowest BCUT2D eigenvalue weighted by Crippen LogP contribution is -2.45. The van der Waals surface area contributed by atoms with Crippen molar-refractivity contribution < 1.29 is 91.4 Å². The molecule has 1 saturated carbocycles. The van der Waals surface area contributed by atoms with Crippen molar-refractivity contribution in [3.05, 3.63) is 300 Å². The number of aryl methyl sites for hydroxylation is 9. The van der Waals surface area contributed by atoms with E-state index >= 15 is 0 Å². The highest BCUT2D eigenvalue weighted by molar-refractivity contribution is 7.92. The van der Waals surface area contributed by atoms with Crippen LogP contribution in [0, 0.1) is 40.9 Å². The molecule has 139 heavy (non-hydrogen) atoms. The van der Waals surface area contributed by atoms with E-state index in [9.17, 15) is 77.2 Å². The number of hydrogen-bond donors (Lipinski definition) is 0. The van der Waals surface area contributed by atoms with E-state index in [4.69, 9.17) is 25.8 Å². The summed E-state index contributed by atoms with van der Waals surface area (Å²) in [7, 11) is -15.5. The van der Waals surface area contributed by atoms with Crippen molar-refractivity contribution in [2.24, 2.45) is 11.8 Å². The lowest BCUT2D eigenvalue weighted by atomic mass is 9.80. The van der Waals surface area contributed by atoms with Gasteiger partial charge in [-0.15, -0.1) is 0 Å². The van der Waals surface area contributed by atoms with Crippen molar-refractivity contribution >= 4 is 77.8 Å². The highest BCUT2D eigenvalue weighted by Crippen LogP contribution is 2.38. The lowest BCUT2D eigenvalue weighted by Gasteiger charge is -2.38. The summed E-state index contributed by atoms with van der Waals surface area (Å²) in [6, 6.07) is 54.1. The maximum atomic E-state index is 14.7. The van der Waals surface area contributed by atoms with E-state index in [1.165, 1.54) is 29.8 Å². The molecule has 9 aromatic rings. The van der Waals surface area contributed by atoms with Crippen LogP contribution in [0.25, 0.3) is 0 Å². The second-order valence-corrected chi connectivity index (χ2v) is 52.5. The molecule has 3 saturated heterocycles. The first-order valence-corrected chi connectivity index (χ1v) is 57.4. The molecule has 764 valence electrons. The zero-order valence-electron chi connectivity index (χ0n) is 83.2. The predicted octanol–water partition coefficient (Wildman–Crippen LogP) is 23.6. The van der Waals surface area contributed by atoms with E-state index < -0.39 is 88.9 Å². The standard InChI is InChI=1S/C24H38ClNO3S.2C24H32FNO3S.C19H21F3O2S.C18H19F3O2S/c1-17(2)30(27,28)16-22-9-6-20(7-10-22)5-8-21-11-12-24(23(25)13-21)26-14-18(3)29-19(4)15-26;1-17(2)30(27,28)16-21-7-5-20(6-8-21)9-10-22-11-12-23(13-24(22)25)26-14-18(3)29-19(4)15-26;1-17(2)30(27,28)16-21-7-5-20(6-8-21)9-10-22-11-12-23(25)13-24(22)26-14-18(3)29-19(4)15-26;1-14(2)25(23,24)13-16-9-7-15(8-10-16)11-12-17-5-3-4-6-18(17)19(20,21)22;1-12(2)24(22,23)11-14-5-3-13(4-6-14)7-8-15-9-10-16(19)18(21)17(15)20/h11-13,17-20,22H,5-10,14-16H2,1-4H3;2*5-8,11-13,17-19H,9-10,14-16H2,1-4H3;3-10,14H,11-13H2,1-2H3;3-6,9-10,12H,7-8,11H2,1-2H3/t18-,19+,20?,22?;2*18-,19+;;. The monoisotopic (exact) mass is 2050 g/mol. The Hall–Kier alpha value is -8.26. The number of sulfone groups is 5. The molecule has 0 radical (unpaired) electrons. The average Bonchev–Trinajstić information content (AvgIpc) is 0.810. The van der Waals surface area contributed by atoms with E-state index in [1.54, 1.807) is 136 Å². The van der Waals surface area contributed by atoms with Crippen molar-refractivity contribution in [1.82, 2.24) is 0 Å². The fourth-order valence-corrected chi connectivity index (χ4v) is 23.0. The molecule has 3 heterocycles. The fourth-order valence-electron chi connectivity index (χ4n) is 17.4. The van der Waals surface area contributed by atoms with Gasteiger partial charge in [0.25, 0.3) is 0 Å². The summed E-state index contributed by atoms with van der Waals surface area (Å²) >= 11 is 6.65. The molecular weight excluding hydrogens is 1910 g/mol. The van der Waals surface area contributed by atoms with Crippen LogP contribution in [0.3, 0.4) is 0 Å². The van der Waals surface area contributed by atoms with Gasteiger partial charge in [0.1, 0.15) is 11.6 Å². The van der Waals surface area contributed by atoms with Crippen LogP contribution < -0.4 is 14.7 Å². The number of anilines is 3. The largest absolute Gasteiger partial charge is 0.416 e. The second-order valence-electron chi connectivity index (χ2n) is 39.3. The molecule has 0 aromatic heterocycles. The molecule has 0 bridgehead atoms. The number of ether oxygens (including phenoxy) is 3. The molecule has 9 aromatic carbocycles. The zero-order chi connectivity index (χ0) is 102. The maximum Gasteiger partial charge on any atom is 0.416 e. The first kappa shape index (κ1) is 114. The minimum Gasteiger partial charge on any atom is -0.372 e. The zero-order valence-corrected chi connectivity index (χ0v) is 88.0. The van der Waals surface area contributed by atoms with Gasteiger partial charge in [-0.2, -0.15) is 13.2 Å². The maximum absolute atomic E-state index is 14.7. The molecule has 4 fully saturated rings. The van der Waals surface area contributed by atoms with Gasteiger partial charge in [-0.3, -0.25) is 0 Å². The summed E-state index contributed by atoms with van der Waals surface area (Å²) in [5, 5.41) is -1.06. The molecule has 30 heteroatoms. The Kier molecular flexibility index (Phi) is 42.6. The highest BCUT2D eigenvalue weighted by Gasteiger charge is 2.35. The Morgan fingerprint density at radius 3 is 1.05 bits per heavy atom. The summed E-state index contributed by atoms with van der Waals surface area (Å²) in [5.74, 6) is -2.74. The summed E-state index contributed by atoms with van der Waals surface area (Å²) < 4.78 is 245. The summed E-state index contributed by atoms with van der Waals surface area (Å²) in [4.78, 5) is 6.73. The molecule has 0 unspecified atom stereocenters. The van der Waals surface area contributed by atoms with Crippen LogP contribution in [0.15, 0.2) is 188 Å². The highest BCUT2D eigenvalue weighted by atomic mass is 35.5. The van der Waals surface area contributed by atoms with E-state index in [1.807, 2.05) is 94.4 Å². The third kappa shape index (κ3) is 35.9. The van der Waals surface area contributed by atoms with Gasteiger partial charge < -0.3 is 28.9 Å². The van der Waals surface area contributed by atoms with Gasteiger partial charge in [0, 0.05) is 50.6 Å². The number of halogens is 9. The van der Waals surface area contributed by atoms with Crippen LogP contribution >= 0.6 is 11.6 Å². The van der Waals surface area contributed by atoms with Gasteiger partial charge in [0.05, 0.1) is 108 Å². The molecule has 0 spiro atoms. The van der Waals surface area contributed by atoms with Crippen LogP contribution in [-0.2, 0) is 150 Å². The SMILES string of the molecule is CC(C)S(=O)(=O)CC1CCC(CCc2ccc(N3C[C@@H](C)O[C@@H](C)C3)c(Cl)c2)CC1.CC(C)S(=O)(=O)Cc1ccc(CCc2ccc(F)c(F)c2F)cc1.CC(C)S(=O)(=O)Cc1ccc(CCc2ccc(F)cc2N2C[C@@H](C)O[C@@H](C)C2)cc1.CC(C)S(=O)(=O)Cc1ccc(CCc2ccc(N3C[C@@H](C)O[C@@H](C)C3)cc2F)cc1.CC(C)S(=O)(=O)Cc1ccc(CCc2ccccc2C(F)(F)F)cc1. The van der Waals surface area contributed by atoms with E-state index in [-0.39, 0.29) is 111 Å². The molecule has 0 amide bonds. The first-order valence-electron chi connectivity index (χ1n) is 48.4. The minimum absolute atomic E-state index is 0.0251. The molecule has 3 aliphatic heterocycles. The minimum atomic E-state index is -4.36. The Balaban J connectivity index is 0.000000195. The normalized spacial score (nSPS) is 19.0. The Morgan fingerprint density at radius 1 is 0.324 bits per heavy atom. The van der Waals surface area contributed by atoms with Crippen molar-refractivity contribution in [3.63, 3.8) is 0 Å². The lowest BCUT2D eigenvalue weighted by molar-refractivity contribution is -0.138. The summed E-state index contributed by atoms with van der Waals surface area (Å²) in [5.41, 5.74) is 12.7. The van der Waals surface area contributed by atoms with Gasteiger partial charge in [0.15, 0.2) is 66.6 Å². The molecule has 13 rings (SSSR count). The molecule has 4 aliphatic rings. The van der Waals surface area contributed by atoms with Crippen LogP contribution in [0.2, 0.25) is 5.02 Å². The van der Waals surface area contributed by atoms with Gasteiger partial charge in [0.2, 0.25) is 0 Å². The fraction of sp³-hybridized carbons (Fsp3) is 0.505. The number of rotatable bonds is 33. The number of morpholine rings is 3. The third-order valence-electron chi connectivity index (χ3n) is 26.0. The van der Waals surface area contributed by atoms with Crippen LogP contribution in [-0.4, -0.2) is 150 Å². The molecule has 16 nitrogen and oxygen atoms in total. The molecule has 1 aliphatic carbocycles. The third-order valence-corrected chi connectivity index (χ3v) is 37.4. The first-order chi connectivity index (χ1) is 65.2. The average molecular weight is 2050 g/mol. The van der Waals surface area contributed by atoms with Crippen LogP contribution in [0.4, 0.5) is 52.2 Å². The van der Waals surface area contributed by atoms with Gasteiger partial charge >= 0.3 is 6.18 Å². The predicted molar refractivity (Wildman–Crippen MR) is 548 cm³/mol. The number of alkyl halides is 3. The smallest absolute Gasteiger partial charge is 0.372 e. The van der Waals surface area contributed by atoms with Gasteiger partial charge in [-0.05, 0) is 321 Å². The van der Waals surface area contributed by atoms with E-state index in [2.05, 4.69) is 46.7 Å². The Bertz CT molecular complexity index is 6020. The van der Waals surface area contributed by atoms with Gasteiger partial charge in [-0.1, -0.05) is 164 Å². The van der Waals surface area contributed by atoms with Crippen molar-refractivity contribution in [2.45, 2.75) is 293 Å². The van der Waals surface area contributed by atoms with Gasteiger partial charge in [-0.25, -0.2) is 64.0 Å². The van der Waals surface area contributed by atoms with Crippen LogP contribution in [0.1, 0.15) is 221 Å². The number of benzene rings is 9.